The molecule has 0 radical (unpaired) electrons. The zero-order valence-electron chi connectivity index (χ0n) is 15.9. The molecule has 29 heavy (non-hydrogen) atoms. The molecule has 0 unspecified atom stereocenters. The van der Waals surface area contributed by atoms with Gasteiger partial charge in [0.25, 0.3) is 0 Å². The SMILES string of the molecule is CC(=O)c1ccc(Nc2ccc(NC(=O)Cc3c[nH]c4ccccc34)nc2)cc1. The highest BCUT2D eigenvalue weighted by atomic mass is 16.1. The largest absolute Gasteiger partial charge is 0.361 e. The number of anilines is 3. The van der Waals surface area contributed by atoms with E-state index < -0.39 is 0 Å². The van der Waals surface area contributed by atoms with Crippen molar-refractivity contribution in [2.45, 2.75) is 13.3 Å². The Balaban J connectivity index is 1.37. The molecule has 2 aromatic heterocycles. The van der Waals surface area contributed by atoms with Gasteiger partial charge in [-0.25, -0.2) is 4.98 Å². The van der Waals surface area contributed by atoms with Gasteiger partial charge < -0.3 is 15.6 Å². The molecule has 0 bridgehead atoms. The number of aromatic nitrogens is 2. The van der Waals surface area contributed by atoms with Crippen molar-refractivity contribution < 1.29 is 9.59 Å². The third-order valence-corrected chi connectivity index (χ3v) is 4.64. The smallest absolute Gasteiger partial charge is 0.230 e. The molecule has 4 rings (SSSR count). The summed E-state index contributed by atoms with van der Waals surface area (Å²) >= 11 is 0. The number of nitrogens with one attached hydrogen (secondary N) is 3. The van der Waals surface area contributed by atoms with Crippen LogP contribution in [0.4, 0.5) is 17.2 Å². The van der Waals surface area contributed by atoms with Crippen LogP contribution in [0.2, 0.25) is 0 Å². The van der Waals surface area contributed by atoms with E-state index in [1.54, 1.807) is 24.4 Å². The quantitative estimate of drug-likeness (QED) is 0.421. The minimum Gasteiger partial charge on any atom is -0.361 e. The second-order valence-corrected chi connectivity index (χ2v) is 6.78. The van der Waals surface area contributed by atoms with Crippen molar-refractivity contribution in [1.29, 1.82) is 0 Å². The lowest BCUT2D eigenvalue weighted by atomic mass is 10.1. The number of amides is 1. The molecule has 0 aliphatic heterocycles. The molecule has 3 N–H and O–H groups in total. The lowest BCUT2D eigenvalue weighted by Crippen LogP contribution is -2.15. The third kappa shape index (κ3) is 4.32. The van der Waals surface area contributed by atoms with Crippen LogP contribution in [0.1, 0.15) is 22.8 Å². The molecular formula is C23H20N4O2. The number of Topliss-reactive ketones (excluding diaryl/α,β-unsaturated/α-hetero) is 1. The Morgan fingerprint density at radius 1 is 0.966 bits per heavy atom. The molecule has 0 fully saturated rings. The standard InChI is InChI=1S/C23H20N4O2/c1-15(28)16-6-8-18(9-7-16)26-19-10-11-22(25-14-19)27-23(29)12-17-13-24-21-5-3-2-4-20(17)21/h2-11,13-14,24,26H,12H2,1H3,(H,25,27,29). The first-order valence-electron chi connectivity index (χ1n) is 9.27. The molecular weight excluding hydrogens is 364 g/mol. The minimum atomic E-state index is -0.122. The van der Waals surface area contributed by atoms with Crippen LogP contribution in [0.25, 0.3) is 10.9 Å². The van der Waals surface area contributed by atoms with E-state index in [-0.39, 0.29) is 18.1 Å². The summed E-state index contributed by atoms with van der Waals surface area (Å²) in [5.74, 6) is 0.404. The number of pyridine rings is 1. The maximum Gasteiger partial charge on any atom is 0.230 e. The lowest BCUT2D eigenvalue weighted by molar-refractivity contribution is -0.115. The Labute approximate surface area is 168 Å². The van der Waals surface area contributed by atoms with E-state index in [2.05, 4.69) is 20.6 Å². The highest BCUT2D eigenvalue weighted by molar-refractivity contribution is 5.95. The first-order chi connectivity index (χ1) is 14.1. The summed E-state index contributed by atoms with van der Waals surface area (Å²) in [5, 5.41) is 7.09. The Morgan fingerprint density at radius 3 is 2.45 bits per heavy atom. The zero-order chi connectivity index (χ0) is 20.2. The monoisotopic (exact) mass is 384 g/mol. The van der Waals surface area contributed by atoms with E-state index in [0.717, 1.165) is 27.8 Å². The van der Waals surface area contributed by atoms with Gasteiger partial charge >= 0.3 is 0 Å². The van der Waals surface area contributed by atoms with Crippen molar-refractivity contribution in [2.75, 3.05) is 10.6 Å². The van der Waals surface area contributed by atoms with Crippen molar-refractivity contribution in [3.63, 3.8) is 0 Å². The van der Waals surface area contributed by atoms with Crippen LogP contribution in [-0.2, 0) is 11.2 Å². The summed E-state index contributed by atoms with van der Waals surface area (Å²) in [6.07, 6.45) is 3.79. The van der Waals surface area contributed by atoms with E-state index in [9.17, 15) is 9.59 Å². The number of ketones is 1. The van der Waals surface area contributed by atoms with Gasteiger partial charge in [-0.3, -0.25) is 9.59 Å². The number of rotatable bonds is 6. The fraction of sp³-hybridized carbons (Fsp3) is 0.0870. The van der Waals surface area contributed by atoms with E-state index in [0.29, 0.717) is 11.4 Å². The summed E-state index contributed by atoms with van der Waals surface area (Å²) in [4.78, 5) is 31.2. The fourth-order valence-electron chi connectivity index (χ4n) is 3.13. The number of carbonyl (C=O) groups excluding carboxylic acids is 2. The Morgan fingerprint density at radius 2 is 1.72 bits per heavy atom. The van der Waals surface area contributed by atoms with Gasteiger partial charge in [-0.2, -0.15) is 0 Å². The van der Waals surface area contributed by atoms with Crippen LogP contribution in [0.5, 0.6) is 0 Å². The molecule has 0 aliphatic rings. The van der Waals surface area contributed by atoms with E-state index in [4.69, 9.17) is 0 Å². The normalized spacial score (nSPS) is 10.7. The molecule has 6 nitrogen and oxygen atoms in total. The highest BCUT2D eigenvalue weighted by Crippen LogP contribution is 2.20. The molecule has 6 heteroatoms. The molecule has 4 aromatic rings. The van der Waals surface area contributed by atoms with Crippen LogP contribution < -0.4 is 10.6 Å². The number of hydrogen-bond acceptors (Lipinski definition) is 4. The molecule has 0 spiro atoms. The predicted molar refractivity (Wildman–Crippen MR) is 115 cm³/mol. The van der Waals surface area contributed by atoms with Crippen molar-refractivity contribution in [1.82, 2.24) is 9.97 Å². The second-order valence-electron chi connectivity index (χ2n) is 6.78. The number of nitrogens with zero attached hydrogens (tertiary/aromatic N) is 1. The molecule has 0 saturated heterocycles. The number of hydrogen-bond donors (Lipinski definition) is 3. The number of fused-ring (bicyclic) bond motifs is 1. The van der Waals surface area contributed by atoms with Gasteiger partial charge in [0.05, 0.1) is 18.3 Å². The molecule has 2 heterocycles. The lowest BCUT2D eigenvalue weighted by Gasteiger charge is -2.08. The fourth-order valence-corrected chi connectivity index (χ4v) is 3.13. The van der Waals surface area contributed by atoms with Crippen LogP contribution in [0.15, 0.2) is 73.1 Å². The number of benzene rings is 2. The van der Waals surface area contributed by atoms with Crippen molar-refractivity contribution in [3.8, 4) is 0 Å². The number of carbonyl (C=O) groups is 2. The number of aromatic amines is 1. The van der Waals surface area contributed by atoms with Gasteiger partial charge in [0.15, 0.2) is 5.78 Å². The van der Waals surface area contributed by atoms with Gasteiger partial charge in [-0.05, 0) is 55.0 Å². The van der Waals surface area contributed by atoms with Gasteiger partial charge in [0.2, 0.25) is 5.91 Å². The van der Waals surface area contributed by atoms with Crippen molar-refractivity contribution >= 4 is 39.8 Å². The third-order valence-electron chi connectivity index (χ3n) is 4.64. The number of H-pyrrole nitrogens is 1. The maximum atomic E-state index is 12.4. The summed E-state index contributed by atoms with van der Waals surface area (Å²) < 4.78 is 0. The molecule has 0 saturated carbocycles. The van der Waals surface area contributed by atoms with Crippen LogP contribution in [0, 0.1) is 0 Å². The summed E-state index contributed by atoms with van der Waals surface area (Å²) in [6, 6.07) is 18.7. The summed E-state index contributed by atoms with van der Waals surface area (Å²) in [6.45, 7) is 1.54. The van der Waals surface area contributed by atoms with Gasteiger partial charge in [0, 0.05) is 28.4 Å². The van der Waals surface area contributed by atoms with Crippen LogP contribution >= 0.6 is 0 Å². The van der Waals surface area contributed by atoms with Gasteiger partial charge in [-0.1, -0.05) is 18.2 Å². The van der Waals surface area contributed by atoms with Crippen molar-refractivity contribution in [2.24, 2.45) is 0 Å². The van der Waals surface area contributed by atoms with Gasteiger partial charge in [0.1, 0.15) is 5.82 Å². The second kappa shape index (κ2) is 7.98. The first kappa shape index (κ1) is 18.4. The first-order valence-corrected chi connectivity index (χ1v) is 9.27. The van der Waals surface area contributed by atoms with E-state index in [1.807, 2.05) is 48.7 Å². The topological polar surface area (TPSA) is 86.9 Å². The summed E-state index contributed by atoms with van der Waals surface area (Å²) in [7, 11) is 0. The predicted octanol–water partition coefficient (Wildman–Crippen LogP) is 4.69. The molecule has 2 aromatic carbocycles. The Hall–Kier alpha value is -3.93. The maximum absolute atomic E-state index is 12.4. The summed E-state index contributed by atoms with van der Waals surface area (Å²) in [5.41, 5.74) is 4.27. The highest BCUT2D eigenvalue weighted by Gasteiger charge is 2.09. The Kier molecular flexibility index (Phi) is 5.07. The van der Waals surface area contributed by atoms with E-state index >= 15 is 0 Å². The zero-order valence-corrected chi connectivity index (χ0v) is 15.9. The average molecular weight is 384 g/mol. The Bertz CT molecular complexity index is 1160. The number of para-hydroxylation sites is 1. The molecule has 0 atom stereocenters. The average Bonchev–Trinajstić information content (AvgIpc) is 3.13. The molecule has 0 aliphatic carbocycles. The molecule has 1 amide bonds. The van der Waals surface area contributed by atoms with Gasteiger partial charge in [-0.15, -0.1) is 0 Å². The van der Waals surface area contributed by atoms with E-state index in [1.165, 1.54) is 6.92 Å². The molecule has 144 valence electrons. The van der Waals surface area contributed by atoms with Crippen LogP contribution in [-0.4, -0.2) is 21.7 Å². The minimum absolute atomic E-state index is 0.0333. The van der Waals surface area contributed by atoms with Crippen molar-refractivity contribution in [3.05, 3.63) is 84.2 Å². The van der Waals surface area contributed by atoms with Crippen LogP contribution in [0.3, 0.4) is 0 Å².